The van der Waals surface area contributed by atoms with Gasteiger partial charge in [0.2, 0.25) is 10.0 Å². The number of carbonyl (C=O) groups is 1. The minimum Gasteiger partial charge on any atom is -0.322 e. The fourth-order valence-electron chi connectivity index (χ4n) is 2.77. The van der Waals surface area contributed by atoms with E-state index in [1.807, 2.05) is 62.4 Å². The average Bonchev–Trinajstić information content (AvgIpc) is 2.70. The molecule has 0 fully saturated rings. The number of benzene rings is 3. The van der Waals surface area contributed by atoms with Gasteiger partial charge in [-0.1, -0.05) is 54.1 Å². The first kappa shape index (κ1) is 21.0. The molecule has 0 heterocycles. The molecule has 0 radical (unpaired) electrons. The topological polar surface area (TPSA) is 75.3 Å². The summed E-state index contributed by atoms with van der Waals surface area (Å²) < 4.78 is 28.0. The molecule has 0 spiro atoms. The Balaban J connectivity index is 1.83. The number of hydrogen-bond donors (Lipinski definition) is 2. The van der Waals surface area contributed by atoms with Crippen molar-refractivity contribution >= 4 is 33.2 Å². The molecule has 3 aromatic rings. The Morgan fingerprint density at radius 2 is 1.69 bits per heavy atom. The molecule has 150 valence electrons. The van der Waals surface area contributed by atoms with E-state index in [0.29, 0.717) is 5.69 Å². The van der Waals surface area contributed by atoms with Gasteiger partial charge in [-0.3, -0.25) is 4.79 Å². The number of rotatable bonds is 6. The Morgan fingerprint density at radius 3 is 2.41 bits per heavy atom. The van der Waals surface area contributed by atoms with Crippen LogP contribution < -0.4 is 10.0 Å². The Morgan fingerprint density at radius 1 is 0.966 bits per heavy atom. The normalized spacial score (nSPS) is 11.3. The zero-order chi connectivity index (χ0) is 21.0. The highest BCUT2D eigenvalue weighted by Gasteiger charge is 2.20. The van der Waals surface area contributed by atoms with Crippen LogP contribution in [0.3, 0.4) is 0 Å². The zero-order valence-corrected chi connectivity index (χ0v) is 17.6. The quantitative estimate of drug-likeness (QED) is 0.598. The minimum absolute atomic E-state index is 0.0499. The van der Waals surface area contributed by atoms with Crippen LogP contribution in [0.25, 0.3) is 0 Å². The maximum absolute atomic E-state index is 12.7. The van der Waals surface area contributed by atoms with Crippen LogP contribution in [0.1, 0.15) is 27.0 Å². The van der Waals surface area contributed by atoms with Gasteiger partial charge in [-0.15, -0.1) is 0 Å². The van der Waals surface area contributed by atoms with Crippen molar-refractivity contribution in [1.29, 1.82) is 0 Å². The van der Waals surface area contributed by atoms with E-state index in [0.717, 1.165) is 16.7 Å². The SMILES string of the molecule is Cc1ccc(C)c(NC(=O)c2ccc(Cl)c(S(=O)(=O)NCc3ccccc3)c2)c1. The molecule has 0 aromatic heterocycles. The molecular formula is C22H21ClN2O3S. The smallest absolute Gasteiger partial charge is 0.255 e. The molecule has 3 aromatic carbocycles. The van der Waals surface area contributed by atoms with Crippen LogP contribution >= 0.6 is 11.6 Å². The Bertz CT molecular complexity index is 1150. The largest absolute Gasteiger partial charge is 0.322 e. The van der Waals surface area contributed by atoms with Crippen molar-refractivity contribution in [2.24, 2.45) is 0 Å². The van der Waals surface area contributed by atoms with Crippen LogP contribution in [-0.4, -0.2) is 14.3 Å². The maximum atomic E-state index is 12.7. The second-order valence-corrected chi connectivity index (χ2v) is 8.87. The molecule has 0 saturated carbocycles. The average molecular weight is 429 g/mol. The van der Waals surface area contributed by atoms with Gasteiger partial charge in [0.15, 0.2) is 0 Å². The van der Waals surface area contributed by atoms with Gasteiger partial charge in [0.25, 0.3) is 5.91 Å². The lowest BCUT2D eigenvalue weighted by Crippen LogP contribution is -2.24. The number of amides is 1. The van der Waals surface area contributed by atoms with Crippen LogP contribution in [0, 0.1) is 13.8 Å². The van der Waals surface area contributed by atoms with E-state index in [-0.39, 0.29) is 22.0 Å². The molecule has 0 aliphatic carbocycles. The van der Waals surface area contributed by atoms with Crippen molar-refractivity contribution in [1.82, 2.24) is 4.72 Å². The van der Waals surface area contributed by atoms with Crippen molar-refractivity contribution in [3.63, 3.8) is 0 Å². The first-order valence-electron chi connectivity index (χ1n) is 8.98. The van der Waals surface area contributed by atoms with Gasteiger partial charge >= 0.3 is 0 Å². The summed E-state index contributed by atoms with van der Waals surface area (Å²) in [6, 6.07) is 19.1. The summed E-state index contributed by atoms with van der Waals surface area (Å²) in [5.41, 5.74) is 3.62. The number of halogens is 1. The number of aryl methyl sites for hydroxylation is 2. The summed E-state index contributed by atoms with van der Waals surface area (Å²) in [5.74, 6) is -0.408. The van der Waals surface area contributed by atoms with E-state index in [1.54, 1.807) is 0 Å². The lowest BCUT2D eigenvalue weighted by Gasteiger charge is -2.12. The predicted molar refractivity (Wildman–Crippen MR) is 116 cm³/mol. The van der Waals surface area contributed by atoms with Gasteiger partial charge in [-0.05, 0) is 54.8 Å². The first-order valence-corrected chi connectivity index (χ1v) is 10.8. The van der Waals surface area contributed by atoms with Gasteiger partial charge < -0.3 is 5.32 Å². The van der Waals surface area contributed by atoms with E-state index < -0.39 is 15.9 Å². The Labute approximate surface area is 175 Å². The summed E-state index contributed by atoms with van der Waals surface area (Å²) in [7, 11) is -3.89. The lowest BCUT2D eigenvalue weighted by molar-refractivity contribution is 0.102. The molecular weight excluding hydrogens is 408 g/mol. The second-order valence-electron chi connectivity index (χ2n) is 6.73. The first-order chi connectivity index (χ1) is 13.8. The van der Waals surface area contributed by atoms with Gasteiger partial charge in [-0.2, -0.15) is 0 Å². The highest BCUT2D eigenvalue weighted by Crippen LogP contribution is 2.24. The van der Waals surface area contributed by atoms with E-state index in [2.05, 4.69) is 10.0 Å². The van der Waals surface area contributed by atoms with Gasteiger partial charge in [0.1, 0.15) is 4.90 Å². The molecule has 5 nitrogen and oxygen atoms in total. The van der Waals surface area contributed by atoms with Crippen LogP contribution in [-0.2, 0) is 16.6 Å². The van der Waals surface area contributed by atoms with E-state index >= 15 is 0 Å². The second kappa shape index (κ2) is 8.78. The number of anilines is 1. The van der Waals surface area contributed by atoms with Crippen molar-refractivity contribution in [2.75, 3.05) is 5.32 Å². The fourth-order valence-corrected chi connectivity index (χ4v) is 4.31. The summed E-state index contributed by atoms with van der Waals surface area (Å²) in [4.78, 5) is 12.5. The molecule has 0 saturated heterocycles. The van der Waals surface area contributed by atoms with Crippen molar-refractivity contribution in [2.45, 2.75) is 25.3 Å². The van der Waals surface area contributed by atoms with E-state index in [1.165, 1.54) is 18.2 Å². The molecule has 0 atom stereocenters. The summed E-state index contributed by atoms with van der Waals surface area (Å²) >= 11 is 6.12. The molecule has 0 aliphatic rings. The Hall–Kier alpha value is -2.67. The molecule has 0 aliphatic heterocycles. The molecule has 0 unspecified atom stereocenters. The lowest BCUT2D eigenvalue weighted by atomic mass is 10.1. The van der Waals surface area contributed by atoms with Crippen LogP contribution in [0.5, 0.6) is 0 Å². The minimum atomic E-state index is -3.89. The zero-order valence-electron chi connectivity index (χ0n) is 16.1. The van der Waals surface area contributed by atoms with Gasteiger partial charge in [-0.25, -0.2) is 13.1 Å². The number of hydrogen-bond acceptors (Lipinski definition) is 3. The van der Waals surface area contributed by atoms with Gasteiger partial charge in [0, 0.05) is 17.8 Å². The number of sulfonamides is 1. The van der Waals surface area contributed by atoms with E-state index in [9.17, 15) is 13.2 Å². The predicted octanol–water partition coefficient (Wildman–Crippen LogP) is 4.69. The highest BCUT2D eigenvalue weighted by molar-refractivity contribution is 7.89. The van der Waals surface area contributed by atoms with Crippen LogP contribution in [0.2, 0.25) is 5.02 Å². The van der Waals surface area contributed by atoms with Crippen LogP contribution in [0.15, 0.2) is 71.6 Å². The van der Waals surface area contributed by atoms with Gasteiger partial charge in [0.05, 0.1) is 5.02 Å². The molecule has 29 heavy (non-hydrogen) atoms. The van der Waals surface area contributed by atoms with E-state index in [4.69, 9.17) is 11.6 Å². The number of nitrogens with one attached hydrogen (secondary N) is 2. The fraction of sp³-hybridized carbons (Fsp3) is 0.136. The number of carbonyl (C=O) groups excluding carboxylic acids is 1. The summed E-state index contributed by atoms with van der Waals surface area (Å²) in [5, 5.41) is 2.88. The standard InChI is InChI=1S/C22H21ClN2O3S/c1-15-8-9-16(2)20(12-15)25-22(26)18-10-11-19(23)21(13-18)29(27,28)24-14-17-6-4-3-5-7-17/h3-13,24H,14H2,1-2H3,(H,25,26). The summed E-state index contributed by atoms with van der Waals surface area (Å²) in [6.07, 6.45) is 0. The molecule has 7 heteroatoms. The third-order valence-electron chi connectivity index (χ3n) is 4.43. The maximum Gasteiger partial charge on any atom is 0.255 e. The van der Waals surface area contributed by atoms with Crippen molar-refractivity contribution < 1.29 is 13.2 Å². The van der Waals surface area contributed by atoms with Crippen molar-refractivity contribution in [3.05, 3.63) is 94.0 Å². The molecule has 1 amide bonds. The van der Waals surface area contributed by atoms with Crippen molar-refractivity contribution in [3.8, 4) is 0 Å². The molecule has 3 rings (SSSR count). The Kier molecular flexibility index (Phi) is 6.37. The molecule has 0 bridgehead atoms. The summed E-state index contributed by atoms with van der Waals surface area (Å²) in [6.45, 7) is 3.94. The monoisotopic (exact) mass is 428 g/mol. The highest BCUT2D eigenvalue weighted by atomic mass is 35.5. The third-order valence-corrected chi connectivity index (χ3v) is 6.32. The third kappa shape index (κ3) is 5.23. The molecule has 2 N–H and O–H groups in total. The van der Waals surface area contributed by atoms with Crippen LogP contribution in [0.4, 0.5) is 5.69 Å².